The van der Waals surface area contributed by atoms with Crippen LogP contribution in [-0.2, 0) is 13.0 Å². The summed E-state index contributed by atoms with van der Waals surface area (Å²) in [5.74, 6) is 0.775. The maximum atomic E-state index is 12.7. The predicted octanol–water partition coefficient (Wildman–Crippen LogP) is 3.47. The molecule has 22 heavy (non-hydrogen) atoms. The van der Waals surface area contributed by atoms with Gasteiger partial charge in [-0.2, -0.15) is 0 Å². The lowest BCUT2D eigenvalue weighted by Crippen LogP contribution is -2.26. The summed E-state index contributed by atoms with van der Waals surface area (Å²) in [4.78, 5) is 22.9. The zero-order chi connectivity index (χ0) is 14.8. The van der Waals surface area contributed by atoms with Gasteiger partial charge in [-0.25, -0.2) is 4.98 Å². The molecule has 4 nitrogen and oxygen atoms in total. The Bertz CT molecular complexity index is 1120. The molecule has 0 amide bonds. The molecule has 0 radical (unpaired) electrons. The third-order valence-electron chi connectivity index (χ3n) is 4.40. The van der Waals surface area contributed by atoms with Gasteiger partial charge in [-0.1, -0.05) is 18.2 Å². The van der Waals surface area contributed by atoms with E-state index in [0.29, 0.717) is 6.54 Å². The Morgan fingerprint density at radius 1 is 1.27 bits per heavy atom. The van der Waals surface area contributed by atoms with Crippen LogP contribution < -0.4 is 5.56 Å². The van der Waals surface area contributed by atoms with Crippen LogP contribution in [0.4, 0.5) is 0 Å². The van der Waals surface area contributed by atoms with Gasteiger partial charge in [0, 0.05) is 22.3 Å². The Balaban J connectivity index is 1.92. The second-order valence-corrected chi connectivity index (χ2v) is 6.98. The summed E-state index contributed by atoms with van der Waals surface area (Å²) < 4.78 is 1.81. The van der Waals surface area contributed by atoms with Crippen molar-refractivity contribution in [2.24, 2.45) is 0 Å². The minimum absolute atomic E-state index is 0.0775. The molecular weight excluding hydrogens is 294 g/mol. The number of aromatic nitrogens is 3. The first-order chi connectivity index (χ1) is 10.7. The molecule has 0 fully saturated rings. The highest BCUT2D eigenvalue weighted by molar-refractivity contribution is 7.18. The Morgan fingerprint density at radius 2 is 2.14 bits per heavy atom. The first-order valence-electron chi connectivity index (χ1n) is 7.33. The highest BCUT2D eigenvalue weighted by Gasteiger charge is 2.24. The van der Waals surface area contributed by atoms with Crippen LogP contribution in [0.2, 0.25) is 0 Å². The molecule has 0 aliphatic carbocycles. The van der Waals surface area contributed by atoms with E-state index in [2.05, 4.69) is 23.2 Å². The van der Waals surface area contributed by atoms with Gasteiger partial charge in [-0.15, -0.1) is 11.3 Å². The van der Waals surface area contributed by atoms with Gasteiger partial charge in [0.25, 0.3) is 5.56 Å². The van der Waals surface area contributed by atoms with Gasteiger partial charge in [0.15, 0.2) is 5.82 Å². The number of nitrogens with one attached hydrogen (secondary N) is 1. The minimum atomic E-state index is 0.0775. The number of hydrogen-bond acceptors (Lipinski definition) is 3. The molecular formula is C17H13N3OS. The summed E-state index contributed by atoms with van der Waals surface area (Å²) in [6, 6.07) is 10.2. The second-order valence-electron chi connectivity index (χ2n) is 5.74. The lowest BCUT2D eigenvalue weighted by Gasteiger charge is -2.17. The van der Waals surface area contributed by atoms with Crippen molar-refractivity contribution in [2.45, 2.75) is 19.9 Å². The average Bonchev–Trinajstić information content (AvgIpc) is 3.07. The molecule has 1 aliphatic rings. The van der Waals surface area contributed by atoms with Crippen LogP contribution in [0, 0.1) is 6.92 Å². The molecule has 0 atom stereocenters. The van der Waals surface area contributed by atoms with Crippen LogP contribution in [0.1, 0.15) is 10.4 Å². The summed E-state index contributed by atoms with van der Waals surface area (Å²) >= 11 is 1.58. The standard InChI is InChI=1S/C17H13N3OS/c1-9-8-12-16(22-9)19-15-14-11(6-7-20(15)17(12)21)10-4-2-3-5-13(10)18-14/h2-5,8,18H,6-7H2,1H3. The van der Waals surface area contributed by atoms with Crippen LogP contribution in [-0.4, -0.2) is 14.5 Å². The largest absolute Gasteiger partial charge is 0.352 e. The van der Waals surface area contributed by atoms with Gasteiger partial charge < -0.3 is 4.98 Å². The third kappa shape index (κ3) is 1.46. The van der Waals surface area contributed by atoms with Crippen molar-refractivity contribution >= 4 is 32.5 Å². The fourth-order valence-electron chi connectivity index (χ4n) is 3.41. The molecule has 4 heterocycles. The van der Waals surface area contributed by atoms with E-state index < -0.39 is 0 Å². The van der Waals surface area contributed by atoms with Crippen molar-refractivity contribution in [3.8, 4) is 11.5 Å². The normalized spacial score (nSPS) is 13.5. The fraction of sp³-hybridized carbons (Fsp3) is 0.176. The first-order valence-corrected chi connectivity index (χ1v) is 8.15. The summed E-state index contributed by atoms with van der Waals surface area (Å²) in [5, 5.41) is 1.98. The van der Waals surface area contributed by atoms with Crippen LogP contribution in [0.5, 0.6) is 0 Å². The zero-order valence-electron chi connectivity index (χ0n) is 12.0. The molecule has 5 rings (SSSR count). The Kier molecular flexibility index (Phi) is 2.26. The number of H-pyrrole nitrogens is 1. The molecule has 5 heteroatoms. The third-order valence-corrected chi connectivity index (χ3v) is 5.34. The molecule has 0 bridgehead atoms. The van der Waals surface area contributed by atoms with E-state index in [-0.39, 0.29) is 5.56 Å². The number of nitrogens with zero attached hydrogens (tertiary/aromatic N) is 2. The van der Waals surface area contributed by atoms with E-state index in [4.69, 9.17) is 4.98 Å². The number of rotatable bonds is 0. The Hall–Kier alpha value is -2.40. The van der Waals surface area contributed by atoms with E-state index in [1.807, 2.05) is 23.6 Å². The molecule has 0 unspecified atom stereocenters. The maximum Gasteiger partial charge on any atom is 0.262 e. The first kappa shape index (κ1) is 12.2. The lowest BCUT2D eigenvalue weighted by molar-refractivity contribution is 0.653. The maximum absolute atomic E-state index is 12.7. The number of benzene rings is 1. The minimum Gasteiger partial charge on any atom is -0.352 e. The number of aryl methyl sites for hydroxylation is 2. The molecule has 1 N–H and O–H groups in total. The van der Waals surface area contributed by atoms with Crippen LogP contribution in [0.25, 0.3) is 32.6 Å². The highest BCUT2D eigenvalue weighted by Crippen LogP contribution is 2.34. The van der Waals surface area contributed by atoms with Crippen LogP contribution >= 0.6 is 11.3 Å². The van der Waals surface area contributed by atoms with E-state index >= 15 is 0 Å². The van der Waals surface area contributed by atoms with Gasteiger partial charge in [0.1, 0.15) is 4.83 Å². The quantitative estimate of drug-likeness (QED) is 0.541. The van der Waals surface area contributed by atoms with Crippen LogP contribution in [0.15, 0.2) is 35.1 Å². The molecule has 0 spiro atoms. The van der Waals surface area contributed by atoms with Gasteiger partial charge in [-0.05, 0) is 31.0 Å². The Morgan fingerprint density at radius 3 is 3.05 bits per heavy atom. The zero-order valence-corrected chi connectivity index (χ0v) is 12.8. The van der Waals surface area contributed by atoms with Crippen molar-refractivity contribution in [3.05, 3.63) is 51.1 Å². The van der Waals surface area contributed by atoms with E-state index in [1.54, 1.807) is 11.3 Å². The van der Waals surface area contributed by atoms with Gasteiger partial charge >= 0.3 is 0 Å². The van der Waals surface area contributed by atoms with Crippen molar-refractivity contribution < 1.29 is 0 Å². The second kappa shape index (κ2) is 4.08. The molecule has 3 aromatic heterocycles. The number of thiophene rings is 1. The van der Waals surface area contributed by atoms with Crippen molar-refractivity contribution in [1.82, 2.24) is 14.5 Å². The van der Waals surface area contributed by atoms with E-state index in [1.165, 1.54) is 10.9 Å². The van der Waals surface area contributed by atoms with E-state index in [0.717, 1.165) is 38.5 Å². The van der Waals surface area contributed by atoms with Gasteiger partial charge in [0.2, 0.25) is 0 Å². The molecule has 1 aromatic carbocycles. The highest BCUT2D eigenvalue weighted by atomic mass is 32.1. The predicted molar refractivity (Wildman–Crippen MR) is 89.6 cm³/mol. The van der Waals surface area contributed by atoms with E-state index in [9.17, 15) is 4.79 Å². The van der Waals surface area contributed by atoms with Crippen molar-refractivity contribution in [2.75, 3.05) is 0 Å². The molecule has 0 saturated carbocycles. The lowest BCUT2D eigenvalue weighted by atomic mass is 10.0. The number of para-hydroxylation sites is 1. The fourth-order valence-corrected chi connectivity index (χ4v) is 4.28. The summed E-state index contributed by atoms with van der Waals surface area (Å²) in [6.45, 7) is 2.71. The smallest absolute Gasteiger partial charge is 0.262 e. The Labute approximate surface area is 130 Å². The number of aromatic amines is 1. The number of hydrogen-bond donors (Lipinski definition) is 1. The van der Waals surface area contributed by atoms with Crippen molar-refractivity contribution in [3.63, 3.8) is 0 Å². The van der Waals surface area contributed by atoms with Crippen molar-refractivity contribution in [1.29, 1.82) is 0 Å². The molecule has 4 aromatic rings. The SMILES string of the molecule is Cc1cc2c(=O)n3c(nc2s1)-c1[nH]c2ccccc2c1CC3. The van der Waals surface area contributed by atoms with Crippen LogP contribution in [0.3, 0.4) is 0 Å². The van der Waals surface area contributed by atoms with Gasteiger partial charge in [0.05, 0.1) is 11.1 Å². The monoisotopic (exact) mass is 307 g/mol. The van der Waals surface area contributed by atoms with Gasteiger partial charge in [-0.3, -0.25) is 9.36 Å². The average molecular weight is 307 g/mol. The summed E-state index contributed by atoms with van der Waals surface area (Å²) in [6.07, 6.45) is 0.864. The molecule has 108 valence electrons. The molecule has 0 saturated heterocycles. The number of fused-ring (bicyclic) bond motifs is 6. The topological polar surface area (TPSA) is 50.7 Å². The molecule has 1 aliphatic heterocycles. The summed E-state index contributed by atoms with van der Waals surface area (Å²) in [7, 11) is 0. The summed E-state index contributed by atoms with van der Waals surface area (Å²) in [5.41, 5.74) is 3.46.